The molecule has 0 heterocycles. The first-order chi connectivity index (χ1) is 9.47. The zero-order valence-electron chi connectivity index (χ0n) is 11.8. The molecule has 20 heavy (non-hydrogen) atoms. The average Bonchev–Trinajstić information content (AvgIpc) is 2.46. The van der Waals surface area contributed by atoms with Gasteiger partial charge in [-0.25, -0.2) is 4.79 Å². The fourth-order valence-electron chi connectivity index (χ4n) is 1.48. The van der Waals surface area contributed by atoms with Crippen LogP contribution in [0.1, 0.15) is 17.3 Å². The summed E-state index contributed by atoms with van der Waals surface area (Å²) in [6.07, 6.45) is 0. The van der Waals surface area contributed by atoms with Crippen LogP contribution in [-0.4, -0.2) is 55.3 Å². The number of carboxylic acid groups (broad SMARTS) is 1. The summed E-state index contributed by atoms with van der Waals surface area (Å²) < 4.78 is 10.2. The van der Waals surface area contributed by atoms with Gasteiger partial charge < -0.3 is 19.5 Å². The molecule has 1 amide bonds. The number of amides is 1. The summed E-state index contributed by atoms with van der Waals surface area (Å²) in [7, 11) is 3.05. The van der Waals surface area contributed by atoms with Crippen molar-refractivity contribution < 1.29 is 24.2 Å². The zero-order chi connectivity index (χ0) is 15.1. The van der Waals surface area contributed by atoms with E-state index in [0.717, 1.165) is 0 Å². The maximum Gasteiger partial charge on any atom is 0.326 e. The highest BCUT2D eigenvalue weighted by atomic mass is 16.5. The molecule has 0 spiro atoms. The minimum Gasteiger partial charge on any atom is -0.491 e. The summed E-state index contributed by atoms with van der Waals surface area (Å²) in [6, 6.07) is 5.68. The number of likely N-dealkylation sites (N-methyl/N-ethyl adjacent to an activating group) is 1. The first-order valence-electron chi connectivity index (χ1n) is 6.19. The second-order valence-corrected chi connectivity index (χ2v) is 4.30. The van der Waals surface area contributed by atoms with E-state index in [2.05, 4.69) is 0 Å². The van der Waals surface area contributed by atoms with Crippen LogP contribution in [0.25, 0.3) is 0 Å². The van der Waals surface area contributed by atoms with Gasteiger partial charge in [-0.15, -0.1) is 0 Å². The lowest BCUT2D eigenvalue weighted by Gasteiger charge is -2.21. The molecular weight excluding hydrogens is 262 g/mol. The molecule has 1 aromatic carbocycles. The number of aliphatic carboxylic acids is 1. The molecule has 0 aliphatic carbocycles. The average molecular weight is 281 g/mol. The fraction of sp³-hybridized carbons (Fsp3) is 0.429. The van der Waals surface area contributed by atoms with Gasteiger partial charge >= 0.3 is 5.97 Å². The van der Waals surface area contributed by atoms with Crippen molar-refractivity contribution in [2.45, 2.75) is 13.0 Å². The number of carbonyl (C=O) groups excluding carboxylic acids is 1. The Morgan fingerprint density at radius 1 is 1.25 bits per heavy atom. The van der Waals surface area contributed by atoms with Gasteiger partial charge in [-0.05, 0) is 31.2 Å². The lowest BCUT2D eigenvalue weighted by atomic mass is 10.1. The van der Waals surface area contributed by atoms with E-state index in [1.54, 1.807) is 31.4 Å². The van der Waals surface area contributed by atoms with Gasteiger partial charge in [0.15, 0.2) is 0 Å². The number of hydrogen-bond donors (Lipinski definition) is 1. The van der Waals surface area contributed by atoms with Crippen molar-refractivity contribution in [1.29, 1.82) is 0 Å². The van der Waals surface area contributed by atoms with Crippen LogP contribution in [0.4, 0.5) is 0 Å². The van der Waals surface area contributed by atoms with Crippen molar-refractivity contribution in [3.05, 3.63) is 29.8 Å². The van der Waals surface area contributed by atoms with Gasteiger partial charge in [0.05, 0.1) is 6.61 Å². The van der Waals surface area contributed by atoms with Crippen LogP contribution in [-0.2, 0) is 9.53 Å². The lowest BCUT2D eigenvalue weighted by molar-refractivity contribution is -0.141. The molecule has 0 radical (unpaired) electrons. The van der Waals surface area contributed by atoms with E-state index in [4.69, 9.17) is 14.6 Å². The molecule has 0 bridgehead atoms. The smallest absolute Gasteiger partial charge is 0.326 e. The molecule has 0 aromatic heterocycles. The molecular formula is C14H19NO5. The molecule has 0 aliphatic rings. The highest BCUT2D eigenvalue weighted by Crippen LogP contribution is 2.14. The minimum atomic E-state index is -1.04. The van der Waals surface area contributed by atoms with Gasteiger partial charge in [0, 0.05) is 19.7 Å². The Balaban J connectivity index is 2.68. The second kappa shape index (κ2) is 7.49. The highest BCUT2D eigenvalue weighted by molar-refractivity contribution is 5.96. The van der Waals surface area contributed by atoms with Crippen LogP contribution in [0.5, 0.6) is 5.75 Å². The van der Waals surface area contributed by atoms with E-state index in [0.29, 0.717) is 24.5 Å². The van der Waals surface area contributed by atoms with Crippen LogP contribution in [0.3, 0.4) is 0 Å². The Morgan fingerprint density at radius 2 is 1.85 bits per heavy atom. The summed E-state index contributed by atoms with van der Waals surface area (Å²) >= 11 is 0. The number of nitrogens with zero attached hydrogens (tertiary/aromatic N) is 1. The number of carboxylic acids is 1. The Morgan fingerprint density at radius 3 is 2.35 bits per heavy atom. The summed E-state index contributed by atoms with van der Waals surface area (Å²) in [6.45, 7) is 2.38. The molecule has 0 aliphatic heterocycles. The van der Waals surface area contributed by atoms with Gasteiger partial charge in [0.25, 0.3) is 5.91 Å². The molecule has 1 unspecified atom stereocenters. The Bertz CT molecular complexity index is 457. The lowest BCUT2D eigenvalue weighted by Crippen LogP contribution is -2.40. The van der Waals surface area contributed by atoms with Crippen LogP contribution in [0, 0.1) is 0 Å². The van der Waals surface area contributed by atoms with Gasteiger partial charge in [-0.2, -0.15) is 0 Å². The Labute approximate surface area is 117 Å². The molecule has 110 valence electrons. The van der Waals surface area contributed by atoms with Crippen LogP contribution in [0.15, 0.2) is 24.3 Å². The number of hydrogen-bond acceptors (Lipinski definition) is 4. The third kappa shape index (κ3) is 4.24. The Hall–Kier alpha value is -2.08. The quantitative estimate of drug-likeness (QED) is 0.761. The maximum absolute atomic E-state index is 12.1. The van der Waals surface area contributed by atoms with Crippen LogP contribution < -0.4 is 4.74 Å². The molecule has 0 saturated heterocycles. The third-order valence-electron chi connectivity index (χ3n) is 2.92. The summed E-state index contributed by atoms with van der Waals surface area (Å²) in [4.78, 5) is 24.1. The number of ether oxygens (including phenoxy) is 2. The predicted molar refractivity (Wildman–Crippen MR) is 73.0 cm³/mol. The van der Waals surface area contributed by atoms with Crippen molar-refractivity contribution in [3.8, 4) is 5.75 Å². The highest BCUT2D eigenvalue weighted by Gasteiger charge is 2.22. The van der Waals surface area contributed by atoms with E-state index in [1.165, 1.54) is 18.9 Å². The van der Waals surface area contributed by atoms with Crippen molar-refractivity contribution >= 4 is 11.9 Å². The second-order valence-electron chi connectivity index (χ2n) is 4.30. The maximum atomic E-state index is 12.1. The van der Waals surface area contributed by atoms with Crippen molar-refractivity contribution in [1.82, 2.24) is 4.90 Å². The summed E-state index contributed by atoms with van der Waals surface area (Å²) in [5, 5.41) is 8.89. The molecule has 1 aromatic rings. The minimum absolute atomic E-state index is 0.344. The molecule has 1 N–H and O–H groups in total. The predicted octanol–water partition coefficient (Wildman–Crippen LogP) is 1.26. The van der Waals surface area contributed by atoms with E-state index >= 15 is 0 Å². The van der Waals surface area contributed by atoms with E-state index in [1.807, 2.05) is 0 Å². The zero-order valence-corrected chi connectivity index (χ0v) is 11.8. The molecule has 1 rings (SSSR count). The van der Waals surface area contributed by atoms with E-state index in [9.17, 15) is 9.59 Å². The standard InChI is InChI=1S/C14H19NO5/c1-10(14(17)18)15(2)13(16)11-4-6-12(7-5-11)20-9-8-19-3/h4-7,10H,8-9H2,1-3H3,(H,17,18). The van der Waals surface area contributed by atoms with Crippen LogP contribution in [0.2, 0.25) is 0 Å². The third-order valence-corrected chi connectivity index (χ3v) is 2.92. The Kier molecular flexibility index (Phi) is 5.99. The number of rotatable bonds is 7. The topological polar surface area (TPSA) is 76.1 Å². The molecule has 0 saturated carbocycles. The first-order valence-corrected chi connectivity index (χ1v) is 6.19. The normalized spacial score (nSPS) is 11.8. The number of benzene rings is 1. The molecule has 6 heteroatoms. The van der Waals surface area contributed by atoms with Gasteiger partial charge in [-0.1, -0.05) is 0 Å². The van der Waals surface area contributed by atoms with E-state index < -0.39 is 12.0 Å². The summed E-state index contributed by atoms with van der Waals surface area (Å²) in [5.41, 5.74) is 0.416. The monoisotopic (exact) mass is 281 g/mol. The fourth-order valence-corrected chi connectivity index (χ4v) is 1.48. The molecule has 6 nitrogen and oxygen atoms in total. The SMILES string of the molecule is COCCOc1ccc(C(=O)N(C)C(C)C(=O)O)cc1. The van der Waals surface area contributed by atoms with Gasteiger partial charge in [0.1, 0.15) is 18.4 Å². The van der Waals surface area contributed by atoms with Crippen molar-refractivity contribution in [2.75, 3.05) is 27.4 Å². The number of methoxy groups -OCH3 is 1. The summed E-state index contributed by atoms with van der Waals surface area (Å²) in [5.74, 6) is -0.753. The number of carbonyl (C=O) groups is 2. The first kappa shape index (κ1) is 16.0. The van der Waals surface area contributed by atoms with Crippen LogP contribution >= 0.6 is 0 Å². The van der Waals surface area contributed by atoms with Crippen molar-refractivity contribution in [3.63, 3.8) is 0 Å². The van der Waals surface area contributed by atoms with Gasteiger partial charge in [0.2, 0.25) is 0 Å². The largest absolute Gasteiger partial charge is 0.491 e. The molecule has 1 atom stereocenters. The molecule has 0 fully saturated rings. The van der Waals surface area contributed by atoms with Crippen molar-refractivity contribution in [2.24, 2.45) is 0 Å². The van der Waals surface area contributed by atoms with E-state index in [-0.39, 0.29) is 5.91 Å². The van der Waals surface area contributed by atoms with Gasteiger partial charge in [-0.3, -0.25) is 4.79 Å².